The number of rotatable bonds is 3. The summed E-state index contributed by atoms with van der Waals surface area (Å²) in [6.45, 7) is 3.00. The molecule has 2 rings (SSSR count). The van der Waals surface area contributed by atoms with Crippen molar-refractivity contribution in [1.82, 2.24) is 10.2 Å². The first-order chi connectivity index (χ1) is 8.36. The van der Waals surface area contributed by atoms with E-state index in [0.717, 1.165) is 12.4 Å². The molecule has 17 heavy (non-hydrogen) atoms. The largest absolute Gasteiger partial charge is 0.351 e. The maximum atomic E-state index is 9.12. The third-order valence-corrected chi connectivity index (χ3v) is 3.45. The highest BCUT2D eigenvalue weighted by molar-refractivity contribution is 5.53. The molecule has 1 aromatic rings. The smallest absolute Gasteiger partial charge is 0.169 e. The number of aromatic nitrogens is 2. The molecule has 4 nitrogen and oxygen atoms in total. The lowest BCUT2D eigenvalue weighted by Gasteiger charge is -2.34. The van der Waals surface area contributed by atoms with E-state index in [1.54, 1.807) is 12.3 Å². The highest BCUT2D eigenvalue weighted by Crippen LogP contribution is 2.27. The Balaban J connectivity index is 2.25. The first-order valence-corrected chi connectivity index (χ1v) is 6.35. The lowest BCUT2D eigenvalue weighted by atomic mass is 9.94. The average molecular weight is 230 g/mol. The van der Waals surface area contributed by atoms with Gasteiger partial charge in [0, 0.05) is 12.6 Å². The third kappa shape index (κ3) is 2.55. The molecule has 1 aromatic heterocycles. The zero-order valence-corrected chi connectivity index (χ0v) is 10.3. The molecule has 0 spiro atoms. The molecule has 0 N–H and O–H groups in total. The van der Waals surface area contributed by atoms with Crippen molar-refractivity contribution in [1.29, 1.82) is 5.26 Å². The minimum atomic E-state index is 0.526. The van der Waals surface area contributed by atoms with Gasteiger partial charge in [-0.05, 0) is 25.8 Å². The normalized spacial score (nSPS) is 16.5. The van der Waals surface area contributed by atoms with Crippen LogP contribution in [-0.4, -0.2) is 22.8 Å². The second-order valence-electron chi connectivity index (χ2n) is 4.46. The molecule has 1 heterocycles. The summed E-state index contributed by atoms with van der Waals surface area (Å²) in [4.78, 5) is 2.24. The van der Waals surface area contributed by atoms with Crippen molar-refractivity contribution < 1.29 is 0 Å². The molecular formula is C13H18N4. The van der Waals surface area contributed by atoms with E-state index >= 15 is 0 Å². The Morgan fingerprint density at radius 1 is 1.41 bits per heavy atom. The van der Waals surface area contributed by atoms with Crippen molar-refractivity contribution in [3.63, 3.8) is 0 Å². The van der Waals surface area contributed by atoms with Gasteiger partial charge in [-0.15, -0.1) is 5.10 Å². The molecule has 0 aliphatic heterocycles. The quantitative estimate of drug-likeness (QED) is 0.800. The minimum Gasteiger partial charge on any atom is -0.351 e. The maximum Gasteiger partial charge on any atom is 0.169 e. The zero-order valence-electron chi connectivity index (χ0n) is 10.3. The zero-order chi connectivity index (χ0) is 12.1. The summed E-state index contributed by atoms with van der Waals surface area (Å²) < 4.78 is 0. The molecule has 1 fully saturated rings. The highest BCUT2D eigenvalue weighted by Gasteiger charge is 2.23. The fourth-order valence-electron chi connectivity index (χ4n) is 2.60. The van der Waals surface area contributed by atoms with E-state index in [4.69, 9.17) is 5.26 Å². The highest BCUT2D eigenvalue weighted by atomic mass is 15.3. The molecule has 0 bridgehead atoms. The van der Waals surface area contributed by atoms with E-state index in [-0.39, 0.29) is 0 Å². The second kappa shape index (κ2) is 5.62. The lowest BCUT2D eigenvalue weighted by molar-refractivity contribution is 0.415. The van der Waals surface area contributed by atoms with Crippen molar-refractivity contribution in [3.05, 3.63) is 17.8 Å². The summed E-state index contributed by atoms with van der Waals surface area (Å²) in [7, 11) is 0. The van der Waals surface area contributed by atoms with Gasteiger partial charge >= 0.3 is 0 Å². The van der Waals surface area contributed by atoms with Gasteiger partial charge in [0.1, 0.15) is 6.07 Å². The molecule has 0 saturated heterocycles. The molecule has 1 saturated carbocycles. The molecule has 0 amide bonds. The molecular weight excluding hydrogens is 212 g/mol. The van der Waals surface area contributed by atoms with E-state index < -0.39 is 0 Å². The molecule has 1 aliphatic carbocycles. The van der Waals surface area contributed by atoms with E-state index in [0.29, 0.717) is 11.6 Å². The van der Waals surface area contributed by atoms with Gasteiger partial charge in [-0.2, -0.15) is 10.4 Å². The van der Waals surface area contributed by atoms with Crippen molar-refractivity contribution in [3.8, 4) is 6.07 Å². The van der Waals surface area contributed by atoms with Gasteiger partial charge in [0.15, 0.2) is 5.82 Å². The van der Waals surface area contributed by atoms with Crippen LogP contribution < -0.4 is 4.90 Å². The van der Waals surface area contributed by atoms with Crippen molar-refractivity contribution in [2.24, 2.45) is 0 Å². The Hall–Kier alpha value is -1.63. The lowest BCUT2D eigenvalue weighted by Crippen LogP contribution is -2.37. The van der Waals surface area contributed by atoms with Crippen LogP contribution in [0.15, 0.2) is 12.3 Å². The van der Waals surface area contributed by atoms with Crippen LogP contribution in [-0.2, 0) is 0 Å². The first kappa shape index (κ1) is 11.8. The van der Waals surface area contributed by atoms with Gasteiger partial charge < -0.3 is 4.90 Å². The van der Waals surface area contributed by atoms with Crippen LogP contribution in [0.4, 0.5) is 5.82 Å². The predicted octanol–water partition coefficient (Wildman–Crippen LogP) is 2.51. The predicted molar refractivity (Wildman–Crippen MR) is 66.6 cm³/mol. The monoisotopic (exact) mass is 230 g/mol. The maximum absolute atomic E-state index is 9.12. The number of nitrogens with zero attached hydrogens (tertiary/aromatic N) is 4. The SMILES string of the molecule is CCN(c1nnccc1C#N)C1CCCCC1. The van der Waals surface area contributed by atoms with E-state index in [1.807, 2.05) is 0 Å². The molecule has 4 heteroatoms. The standard InChI is InChI=1S/C13H18N4/c1-2-17(12-6-4-3-5-7-12)13-11(10-14)8-9-15-16-13/h8-9,12H,2-7H2,1H3. The number of hydrogen-bond acceptors (Lipinski definition) is 4. The van der Waals surface area contributed by atoms with E-state index in [1.165, 1.54) is 32.1 Å². The van der Waals surface area contributed by atoms with Gasteiger partial charge in [-0.3, -0.25) is 0 Å². The molecule has 0 atom stereocenters. The van der Waals surface area contributed by atoms with Crippen LogP contribution in [0, 0.1) is 11.3 Å². The Bertz CT molecular complexity index is 404. The average Bonchev–Trinajstić information content (AvgIpc) is 2.41. The summed E-state index contributed by atoms with van der Waals surface area (Å²) in [5.41, 5.74) is 0.632. The van der Waals surface area contributed by atoms with Crippen molar-refractivity contribution >= 4 is 5.82 Å². The second-order valence-corrected chi connectivity index (χ2v) is 4.46. The summed E-state index contributed by atoms with van der Waals surface area (Å²) in [6, 6.07) is 4.47. The van der Waals surface area contributed by atoms with Crippen molar-refractivity contribution in [2.75, 3.05) is 11.4 Å². The topological polar surface area (TPSA) is 52.8 Å². The number of hydrogen-bond donors (Lipinski definition) is 0. The molecule has 0 radical (unpaired) electrons. The van der Waals surface area contributed by atoms with Gasteiger partial charge in [0.25, 0.3) is 0 Å². The van der Waals surface area contributed by atoms with Gasteiger partial charge in [-0.1, -0.05) is 19.3 Å². The third-order valence-electron chi connectivity index (χ3n) is 3.45. The van der Waals surface area contributed by atoms with Crippen LogP contribution in [0.2, 0.25) is 0 Å². The fraction of sp³-hybridized carbons (Fsp3) is 0.615. The van der Waals surface area contributed by atoms with Crippen LogP contribution in [0.3, 0.4) is 0 Å². The van der Waals surface area contributed by atoms with Gasteiger partial charge in [0.2, 0.25) is 0 Å². The van der Waals surface area contributed by atoms with Gasteiger partial charge in [0.05, 0.1) is 11.8 Å². The Morgan fingerprint density at radius 3 is 2.82 bits per heavy atom. The van der Waals surface area contributed by atoms with Crippen LogP contribution in [0.25, 0.3) is 0 Å². The molecule has 90 valence electrons. The number of nitriles is 1. The summed E-state index contributed by atoms with van der Waals surface area (Å²) in [5.74, 6) is 0.754. The minimum absolute atomic E-state index is 0.526. The summed E-state index contributed by atoms with van der Waals surface area (Å²) in [5, 5.41) is 17.2. The Kier molecular flexibility index (Phi) is 3.92. The van der Waals surface area contributed by atoms with Gasteiger partial charge in [-0.25, -0.2) is 0 Å². The van der Waals surface area contributed by atoms with Crippen molar-refractivity contribution in [2.45, 2.75) is 45.1 Å². The summed E-state index contributed by atoms with van der Waals surface area (Å²) >= 11 is 0. The number of anilines is 1. The molecule has 0 unspecified atom stereocenters. The Labute approximate surface area is 102 Å². The molecule has 1 aliphatic rings. The van der Waals surface area contributed by atoms with Crippen LogP contribution >= 0.6 is 0 Å². The van der Waals surface area contributed by atoms with Crippen LogP contribution in [0.5, 0.6) is 0 Å². The molecule has 0 aromatic carbocycles. The van der Waals surface area contributed by atoms with E-state index in [2.05, 4.69) is 28.1 Å². The fourth-order valence-corrected chi connectivity index (χ4v) is 2.60. The first-order valence-electron chi connectivity index (χ1n) is 6.35. The summed E-state index contributed by atoms with van der Waals surface area (Å²) in [6.07, 6.45) is 7.88. The van der Waals surface area contributed by atoms with E-state index in [9.17, 15) is 0 Å². The van der Waals surface area contributed by atoms with Crippen LogP contribution in [0.1, 0.15) is 44.6 Å². The Morgan fingerprint density at radius 2 is 2.18 bits per heavy atom.